The molecule has 0 aromatic carbocycles. The number of aliphatic hydroxyl groups is 6. The number of aliphatic carboxylic acids is 1. The van der Waals surface area contributed by atoms with Gasteiger partial charge in [0.05, 0.1) is 31.3 Å². The van der Waals surface area contributed by atoms with Crippen molar-refractivity contribution in [1.82, 2.24) is 0 Å². The lowest BCUT2D eigenvalue weighted by Crippen LogP contribution is -2.46. The fraction of sp³-hybridized carbons (Fsp3) is 0.875. The van der Waals surface area contributed by atoms with E-state index >= 15 is 0 Å². The highest BCUT2D eigenvalue weighted by Crippen LogP contribution is 2.15. The number of aliphatic hydroxyl groups excluding tert-OH is 6. The molecule has 10 nitrogen and oxygen atoms in total. The van der Waals surface area contributed by atoms with Crippen molar-refractivity contribution >= 4 is 5.97 Å². The molecule has 0 spiro atoms. The molecule has 0 rings (SSSR count). The van der Waals surface area contributed by atoms with Crippen LogP contribution in [0.25, 0.3) is 0 Å². The lowest BCUT2D eigenvalue weighted by atomic mass is 10.00. The maximum atomic E-state index is 10.5. The molecule has 202 valence electrons. The molecule has 0 amide bonds. The third kappa shape index (κ3) is 15.5. The standard InChI is InChI=1S/C24H47NO9/c1-2-3-4-5-6-7-8-9-10-11-12-13-14-18(26)21(30)17(25)16-34-24(33)23(32)22(31)19(27)15-20(28)29/h17-19,21,24,26-27,30-33H,2-16,25H2,1H3,(H,28,29)/b23-22+/t17-,18?,19?,21?,24?/m0/s1. The summed E-state index contributed by atoms with van der Waals surface area (Å²) in [5.74, 6) is -3.72. The second kappa shape index (κ2) is 19.8. The summed E-state index contributed by atoms with van der Waals surface area (Å²) in [6.45, 7) is 1.75. The Labute approximate surface area is 203 Å². The van der Waals surface area contributed by atoms with Crippen molar-refractivity contribution in [3.8, 4) is 0 Å². The molecule has 0 aromatic heterocycles. The first kappa shape index (κ1) is 32.6. The molecule has 0 aliphatic carbocycles. The van der Waals surface area contributed by atoms with Crippen LogP contribution >= 0.6 is 0 Å². The average Bonchev–Trinajstić information content (AvgIpc) is 2.80. The zero-order valence-electron chi connectivity index (χ0n) is 20.5. The molecule has 34 heavy (non-hydrogen) atoms. The van der Waals surface area contributed by atoms with Gasteiger partial charge < -0.3 is 46.2 Å². The summed E-state index contributed by atoms with van der Waals surface area (Å²) in [7, 11) is 0. The van der Waals surface area contributed by atoms with E-state index in [0.717, 1.165) is 25.7 Å². The van der Waals surface area contributed by atoms with E-state index in [2.05, 4.69) is 6.92 Å². The second-order valence-electron chi connectivity index (χ2n) is 8.97. The van der Waals surface area contributed by atoms with E-state index in [9.17, 15) is 35.4 Å². The normalized spacial score (nSPS) is 17.0. The van der Waals surface area contributed by atoms with Crippen molar-refractivity contribution in [3.63, 3.8) is 0 Å². The van der Waals surface area contributed by atoms with Crippen LogP contribution in [0, 0.1) is 0 Å². The maximum absolute atomic E-state index is 10.5. The molecule has 0 saturated heterocycles. The Kier molecular flexibility index (Phi) is 19.0. The number of hydrogen-bond donors (Lipinski definition) is 8. The maximum Gasteiger partial charge on any atom is 0.306 e. The summed E-state index contributed by atoms with van der Waals surface area (Å²) in [6, 6.07) is -1.08. The van der Waals surface area contributed by atoms with Crippen LogP contribution in [0.4, 0.5) is 0 Å². The minimum absolute atomic E-state index is 0.363. The molecule has 5 atom stereocenters. The highest BCUT2D eigenvalue weighted by atomic mass is 16.6. The number of carboxylic acids is 1. The predicted octanol–water partition coefficient (Wildman–Crippen LogP) is 2.62. The second-order valence-corrected chi connectivity index (χ2v) is 8.97. The van der Waals surface area contributed by atoms with Crippen molar-refractivity contribution in [2.75, 3.05) is 6.61 Å². The van der Waals surface area contributed by atoms with E-state index < -0.39 is 61.2 Å². The third-order valence-electron chi connectivity index (χ3n) is 5.81. The SMILES string of the molecule is CCCCCCCCCCCCCCC(O)C(O)[C@@H](N)COC(O)/C(O)=C(\O)C(O)CC(=O)O. The smallest absolute Gasteiger partial charge is 0.306 e. The van der Waals surface area contributed by atoms with Crippen LogP contribution in [0.2, 0.25) is 0 Å². The minimum Gasteiger partial charge on any atom is -0.506 e. The minimum atomic E-state index is -2.09. The topological polar surface area (TPSA) is 194 Å². The fourth-order valence-electron chi connectivity index (χ4n) is 3.59. The summed E-state index contributed by atoms with van der Waals surface area (Å²) in [5, 5.41) is 67.2. The predicted molar refractivity (Wildman–Crippen MR) is 128 cm³/mol. The van der Waals surface area contributed by atoms with Gasteiger partial charge in [-0.15, -0.1) is 0 Å². The van der Waals surface area contributed by atoms with Crippen LogP contribution in [0.15, 0.2) is 11.5 Å². The van der Waals surface area contributed by atoms with Gasteiger partial charge in [0, 0.05) is 0 Å². The van der Waals surface area contributed by atoms with E-state index in [-0.39, 0.29) is 0 Å². The van der Waals surface area contributed by atoms with Crippen LogP contribution in [0.5, 0.6) is 0 Å². The van der Waals surface area contributed by atoms with Gasteiger partial charge in [0.25, 0.3) is 0 Å². The van der Waals surface area contributed by atoms with Gasteiger partial charge in [-0.3, -0.25) is 4.79 Å². The number of carbonyl (C=O) groups is 1. The number of nitrogens with two attached hydrogens (primary N) is 1. The van der Waals surface area contributed by atoms with Crippen molar-refractivity contribution < 1.29 is 45.3 Å². The molecule has 0 heterocycles. The van der Waals surface area contributed by atoms with Crippen molar-refractivity contribution in [2.24, 2.45) is 5.73 Å². The number of ether oxygens (including phenoxy) is 1. The van der Waals surface area contributed by atoms with Gasteiger partial charge >= 0.3 is 5.97 Å². The lowest BCUT2D eigenvalue weighted by molar-refractivity contribution is -0.139. The summed E-state index contributed by atoms with van der Waals surface area (Å²) in [4.78, 5) is 10.5. The Balaban J connectivity index is 4.02. The fourth-order valence-corrected chi connectivity index (χ4v) is 3.59. The molecular weight excluding hydrogens is 446 g/mol. The summed E-state index contributed by atoms with van der Waals surface area (Å²) >= 11 is 0. The molecule has 10 heteroatoms. The Morgan fingerprint density at radius 1 is 0.765 bits per heavy atom. The zero-order chi connectivity index (χ0) is 25.9. The Morgan fingerprint density at radius 2 is 1.24 bits per heavy atom. The zero-order valence-corrected chi connectivity index (χ0v) is 20.5. The first-order valence-corrected chi connectivity index (χ1v) is 12.5. The quantitative estimate of drug-likeness (QED) is 0.0631. The van der Waals surface area contributed by atoms with Gasteiger partial charge in [-0.1, -0.05) is 84.0 Å². The Morgan fingerprint density at radius 3 is 1.71 bits per heavy atom. The molecular formula is C24H47NO9. The van der Waals surface area contributed by atoms with Gasteiger partial charge in [0.1, 0.15) is 6.10 Å². The highest BCUT2D eigenvalue weighted by molar-refractivity contribution is 5.67. The molecule has 0 bridgehead atoms. The third-order valence-corrected chi connectivity index (χ3v) is 5.81. The highest BCUT2D eigenvalue weighted by Gasteiger charge is 2.27. The monoisotopic (exact) mass is 493 g/mol. The van der Waals surface area contributed by atoms with Gasteiger partial charge in [-0.25, -0.2) is 0 Å². The first-order valence-electron chi connectivity index (χ1n) is 12.5. The van der Waals surface area contributed by atoms with E-state index in [1.165, 1.54) is 51.4 Å². The molecule has 0 radical (unpaired) electrons. The Bertz CT molecular complexity index is 559. The molecule has 0 fully saturated rings. The van der Waals surface area contributed by atoms with Gasteiger partial charge in [-0.05, 0) is 6.42 Å². The molecule has 0 aliphatic heterocycles. The average molecular weight is 494 g/mol. The summed E-state index contributed by atoms with van der Waals surface area (Å²) in [5.41, 5.74) is 5.77. The molecule has 9 N–H and O–H groups in total. The lowest BCUT2D eigenvalue weighted by Gasteiger charge is -2.25. The largest absolute Gasteiger partial charge is 0.506 e. The van der Waals surface area contributed by atoms with Crippen LogP contribution < -0.4 is 5.73 Å². The van der Waals surface area contributed by atoms with E-state index in [4.69, 9.17) is 15.6 Å². The molecule has 0 saturated carbocycles. The molecule has 0 aromatic rings. The van der Waals surface area contributed by atoms with E-state index in [0.29, 0.717) is 6.42 Å². The van der Waals surface area contributed by atoms with Crippen molar-refractivity contribution in [2.45, 2.75) is 127 Å². The van der Waals surface area contributed by atoms with E-state index in [1.54, 1.807) is 0 Å². The summed E-state index contributed by atoms with van der Waals surface area (Å²) < 4.78 is 4.86. The van der Waals surface area contributed by atoms with Gasteiger partial charge in [0.2, 0.25) is 6.29 Å². The van der Waals surface area contributed by atoms with Gasteiger partial charge in [-0.2, -0.15) is 0 Å². The van der Waals surface area contributed by atoms with E-state index in [1.807, 2.05) is 0 Å². The number of hydrogen-bond acceptors (Lipinski definition) is 9. The van der Waals surface area contributed by atoms with Gasteiger partial charge in [0.15, 0.2) is 11.5 Å². The molecule has 0 aliphatic rings. The van der Waals surface area contributed by atoms with Crippen molar-refractivity contribution in [3.05, 3.63) is 11.5 Å². The van der Waals surface area contributed by atoms with Crippen LogP contribution in [0.1, 0.15) is 96.8 Å². The molecule has 4 unspecified atom stereocenters. The first-order chi connectivity index (χ1) is 16.1. The van der Waals surface area contributed by atoms with Crippen LogP contribution in [0.3, 0.4) is 0 Å². The number of unbranched alkanes of at least 4 members (excludes halogenated alkanes) is 11. The Hall–Kier alpha value is -1.43. The van der Waals surface area contributed by atoms with Crippen LogP contribution in [-0.4, -0.2) is 79.0 Å². The summed E-state index contributed by atoms with van der Waals surface area (Å²) in [6.07, 6.45) is 7.33. The number of rotatable bonds is 22. The van der Waals surface area contributed by atoms with Crippen molar-refractivity contribution in [1.29, 1.82) is 0 Å². The van der Waals surface area contributed by atoms with Crippen LogP contribution in [-0.2, 0) is 9.53 Å². The number of carboxylic acid groups (broad SMARTS) is 1.